The topological polar surface area (TPSA) is 61.4 Å². The Morgan fingerprint density at radius 1 is 1.00 bits per heavy atom. The normalized spacial score (nSPS) is 14.0. The van der Waals surface area contributed by atoms with Crippen LogP contribution in [0, 0.1) is 5.82 Å². The van der Waals surface area contributed by atoms with Crippen LogP contribution in [-0.4, -0.2) is 47.0 Å². The van der Waals surface area contributed by atoms with Crippen LogP contribution in [0.15, 0.2) is 60.8 Å². The Labute approximate surface area is 173 Å². The van der Waals surface area contributed by atoms with Gasteiger partial charge in [0.1, 0.15) is 11.6 Å². The number of piperazine rings is 1. The van der Waals surface area contributed by atoms with Gasteiger partial charge in [-0.3, -0.25) is 4.79 Å². The molecule has 8 heteroatoms. The second-order valence-electron chi connectivity index (χ2n) is 6.61. The summed E-state index contributed by atoms with van der Waals surface area (Å²) in [5.41, 5.74) is 0.863. The molecule has 1 N–H and O–H groups in total. The van der Waals surface area contributed by atoms with Crippen molar-refractivity contribution in [2.45, 2.75) is 0 Å². The molecule has 2 heterocycles. The van der Waals surface area contributed by atoms with Crippen molar-refractivity contribution in [2.75, 3.05) is 36.4 Å². The first kappa shape index (κ1) is 19.1. The van der Waals surface area contributed by atoms with Gasteiger partial charge in [0, 0.05) is 32.4 Å². The quantitative estimate of drug-likeness (QED) is 0.703. The van der Waals surface area contributed by atoms with Gasteiger partial charge in [0.2, 0.25) is 5.95 Å². The number of rotatable bonds is 4. The molecule has 0 atom stereocenters. The van der Waals surface area contributed by atoms with Gasteiger partial charge < -0.3 is 15.1 Å². The number of hydrogen-bond acceptors (Lipinski definition) is 5. The average Bonchev–Trinajstić information content (AvgIpc) is 2.76. The molecule has 0 spiro atoms. The van der Waals surface area contributed by atoms with Gasteiger partial charge in [0.15, 0.2) is 0 Å². The molecule has 29 heavy (non-hydrogen) atoms. The number of hydrogen-bond donors (Lipinski definition) is 1. The van der Waals surface area contributed by atoms with Crippen LogP contribution in [0.5, 0.6) is 0 Å². The molecule has 3 aromatic rings. The van der Waals surface area contributed by atoms with Gasteiger partial charge in [-0.1, -0.05) is 35.9 Å². The van der Waals surface area contributed by atoms with Gasteiger partial charge >= 0.3 is 0 Å². The minimum Gasteiger partial charge on any atom is -0.339 e. The zero-order valence-corrected chi connectivity index (χ0v) is 16.3. The highest BCUT2D eigenvalue weighted by atomic mass is 35.5. The summed E-state index contributed by atoms with van der Waals surface area (Å²) in [7, 11) is 0. The number of carbonyl (C=O) groups excluding carboxylic acids is 1. The van der Waals surface area contributed by atoms with Gasteiger partial charge in [-0.2, -0.15) is 4.98 Å². The molecule has 1 saturated heterocycles. The van der Waals surface area contributed by atoms with E-state index in [2.05, 4.69) is 15.3 Å². The lowest BCUT2D eigenvalue weighted by Crippen LogP contribution is -2.49. The molecule has 2 aromatic carbocycles. The first-order valence-corrected chi connectivity index (χ1v) is 9.63. The van der Waals surface area contributed by atoms with Crippen molar-refractivity contribution in [2.24, 2.45) is 0 Å². The molecule has 1 aromatic heterocycles. The Bertz CT molecular complexity index is 1020. The summed E-state index contributed by atoms with van der Waals surface area (Å²) in [4.78, 5) is 25.1. The first-order chi connectivity index (χ1) is 14.1. The second-order valence-corrected chi connectivity index (χ2v) is 7.01. The van der Waals surface area contributed by atoms with Crippen LogP contribution in [-0.2, 0) is 0 Å². The van der Waals surface area contributed by atoms with Crippen molar-refractivity contribution in [1.29, 1.82) is 0 Å². The van der Waals surface area contributed by atoms with Crippen molar-refractivity contribution >= 4 is 35.0 Å². The van der Waals surface area contributed by atoms with E-state index in [4.69, 9.17) is 11.6 Å². The van der Waals surface area contributed by atoms with E-state index in [9.17, 15) is 9.18 Å². The van der Waals surface area contributed by atoms with E-state index in [1.54, 1.807) is 35.4 Å². The third kappa shape index (κ3) is 4.30. The molecule has 1 amide bonds. The van der Waals surface area contributed by atoms with E-state index in [1.807, 2.05) is 23.1 Å². The lowest BCUT2D eigenvalue weighted by Gasteiger charge is -2.34. The Balaban J connectivity index is 1.42. The largest absolute Gasteiger partial charge is 0.339 e. The number of nitrogens with zero attached hydrogens (tertiary/aromatic N) is 4. The van der Waals surface area contributed by atoms with E-state index in [-0.39, 0.29) is 11.5 Å². The van der Waals surface area contributed by atoms with E-state index >= 15 is 0 Å². The monoisotopic (exact) mass is 411 g/mol. The Morgan fingerprint density at radius 2 is 1.72 bits per heavy atom. The maximum Gasteiger partial charge on any atom is 0.256 e. The smallest absolute Gasteiger partial charge is 0.256 e. The number of para-hydroxylation sites is 1. The summed E-state index contributed by atoms with van der Waals surface area (Å²) in [6.45, 7) is 2.07. The summed E-state index contributed by atoms with van der Waals surface area (Å²) in [5, 5.41) is 3.80. The molecule has 0 aliphatic carbocycles. The van der Waals surface area contributed by atoms with Crippen molar-refractivity contribution in [3.05, 3.63) is 77.2 Å². The fourth-order valence-corrected chi connectivity index (χ4v) is 3.37. The van der Waals surface area contributed by atoms with Gasteiger partial charge in [0.25, 0.3) is 5.91 Å². The highest BCUT2D eigenvalue weighted by Gasteiger charge is 2.25. The third-order valence-electron chi connectivity index (χ3n) is 4.73. The van der Waals surface area contributed by atoms with Crippen molar-refractivity contribution in [3.63, 3.8) is 0 Å². The first-order valence-electron chi connectivity index (χ1n) is 9.25. The molecule has 0 saturated carbocycles. The summed E-state index contributed by atoms with van der Waals surface area (Å²) < 4.78 is 13.9. The van der Waals surface area contributed by atoms with E-state index in [0.717, 1.165) is 5.69 Å². The van der Waals surface area contributed by atoms with Gasteiger partial charge in [-0.25, -0.2) is 9.37 Å². The summed E-state index contributed by atoms with van der Waals surface area (Å²) >= 11 is 6.19. The third-order valence-corrected chi connectivity index (χ3v) is 5.06. The molecule has 1 fully saturated rings. The van der Waals surface area contributed by atoms with Crippen LogP contribution in [0.4, 0.5) is 21.8 Å². The molecule has 0 bridgehead atoms. The van der Waals surface area contributed by atoms with Crippen LogP contribution in [0.25, 0.3) is 0 Å². The van der Waals surface area contributed by atoms with Crippen LogP contribution in [0.1, 0.15) is 10.4 Å². The fraction of sp³-hybridized carbons (Fsp3) is 0.190. The molecule has 1 aliphatic heterocycles. The summed E-state index contributed by atoms with van der Waals surface area (Å²) in [5.74, 6) is 0.410. The molecule has 148 valence electrons. The average molecular weight is 412 g/mol. The fourth-order valence-electron chi connectivity index (χ4n) is 3.19. The summed E-state index contributed by atoms with van der Waals surface area (Å²) in [6.07, 6.45) is 1.68. The van der Waals surface area contributed by atoms with E-state index < -0.39 is 5.82 Å². The van der Waals surface area contributed by atoms with Crippen molar-refractivity contribution in [3.8, 4) is 0 Å². The maximum absolute atomic E-state index is 13.9. The molecule has 4 rings (SSSR count). The predicted octanol–water partition coefficient (Wildman–Crippen LogP) is 3.98. The minimum atomic E-state index is -0.499. The van der Waals surface area contributed by atoms with Gasteiger partial charge in [-0.05, 0) is 30.3 Å². The van der Waals surface area contributed by atoms with Crippen molar-refractivity contribution < 1.29 is 9.18 Å². The Morgan fingerprint density at radius 3 is 2.48 bits per heavy atom. The van der Waals surface area contributed by atoms with Crippen LogP contribution in [0.2, 0.25) is 5.02 Å². The molecular weight excluding hydrogens is 393 g/mol. The standard InChI is InChI=1S/C21H19ClFN5O/c22-16-6-2-4-8-18(16)25-19-9-10-24-21(26-19)28-13-11-27(12-14-28)20(29)15-5-1-3-7-17(15)23/h1-10H,11-14H2,(H,24,25,26). The number of nitrogens with one attached hydrogen (secondary N) is 1. The minimum absolute atomic E-state index is 0.100. The lowest BCUT2D eigenvalue weighted by molar-refractivity contribution is 0.0741. The SMILES string of the molecule is O=C(c1ccccc1F)N1CCN(c2nccc(Nc3ccccc3Cl)n2)CC1. The number of anilines is 3. The highest BCUT2D eigenvalue weighted by molar-refractivity contribution is 6.33. The van der Waals surface area contributed by atoms with E-state index in [0.29, 0.717) is 43.0 Å². The van der Waals surface area contributed by atoms with E-state index in [1.165, 1.54) is 12.1 Å². The van der Waals surface area contributed by atoms with Crippen LogP contribution in [0.3, 0.4) is 0 Å². The number of carbonyl (C=O) groups is 1. The zero-order chi connectivity index (χ0) is 20.2. The number of aromatic nitrogens is 2. The number of benzene rings is 2. The van der Waals surface area contributed by atoms with Crippen LogP contribution < -0.4 is 10.2 Å². The Hall–Kier alpha value is -3.19. The van der Waals surface area contributed by atoms with Gasteiger partial charge in [0.05, 0.1) is 16.3 Å². The second kappa shape index (κ2) is 8.45. The Kier molecular flexibility index (Phi) is 5.57. The van der Waals surface area contributed by atoms with Gasteiger partial charge in [-0.15, -0.1) is 0 Å². The maximum atomic E-state index is 13.9. The predicted molar refractivity (Wildman–Crippen MR) is 111 cm³/mol. The number of halogens is 2. The molecular formula is C21H19ClFN5O. The molecule has 0 unspecified atom stereocenters. The molecule has 0 radical (unpaired) electrons. The molecule has 6 nitrogen and oxygen atoms in total. The lowest BCUT2D eigenvalue weighted by atomic mass is 10.1. The van der Waals surface area contributed by atoms with Crippen LogP contribution >= 0.6 is 11.6 Å². The molecule has 1 aliphatic rings. The summed E-state index contributed by atoms with van der Waals surface area (Å²) in [6, 6.07) is 15.2. The zero-order valence-electron chi connectivity index (χ0n) is 15.6. The highest BCUT2D eigenvalue weighted by Crippen LogP contribution is 2.24. The van der Waals surface area contributed by atoms with Crippen molar-refractivity contribution in [1.82, 2.24) is 14.9 Å². The number of amides is 1.